The van der Waals surface area contributed by atoms with Crippen molar-refractivity contribution in [2.24, 2.45) is 0 Å². The minimum Gasteiger partial charge on any atom is -0.505 e. The Labute approximate surface area is 117 Å². The van der Waals surface area contributed by atoms with Gasteiger partial charge in [0.1, 0.15) is 12.3 Å². The quantitative estimate of drug-likeness (QED) is 0.730. The van der Waals surface area contributed by atoms with Gasteiger partial charge in [-0.05, 0) is 13.0 Å². The van der Waals surface area contributed by atoms with Gasteiger partial charge >= 0.3 is 5.97 Å². The largest absolute Gasteiger partial charge is 0.505 e. The molecule has 0 radical (unpaired) electrons. The number of pyridine rings is 1. The minimum atomic E-state index is -0.509. The lowest BCUT2D eigenvalue weighted by atomic mass is 10.2. The first-order valence-corrected chi connectivity index (χ1v) is 6.17. The molecule has 1 N–H and O–H groups in total. The molecule has 0 aliphatic carbocycles. The summed E-state index contributed by atoms with van der Waals surface area (Å²) in [6, 6.07) is 1.39. The zero-order valence-electron chi connectivity index (χ0n) is 11.5. The smallest absolute Gasteiger partial charge is 0.325 e. The highest BCUT2D eigenvalue weighted by Gasteiger charge is 2.21. The lowest BCUT2D eigenvalue weighted by Crippen LogP contribution is -2.38. The molecule has 0 saturated carbocycles. The molecule has 0 aliphatic rings. The first kappa shape index (κ1) is 15.9. The molecule has 0 aliphatic heterocycles. The van der Waals surface area contributed by atoms with Gasteiger partial charge in [0.2, 0.25) is 0 Å². The van der Waals surface area contributed by atoms with Crippen LogP contribution in [0.1, 0.15) is 17.3 Å². The average molecular weight is 282 g/mol. The fourth-order valence-electron chi connectivity index (χ4n) is 1.55. The summed E-state index contributed by atoms with van der Waals surface area (Å²) in [5.74, 6) is -1.22. The molecule has 0 unspecified atom stereocenters. The van der Waals surface area contributed by atoms with Gasteiger partial charge in [-0.3, -0.25) is 14.6 Å². The standard InChI is InChI=1S/C13H18N2O5/c1-3-20-12(17)9-15(6-7-19-2)13(18)10-4-5-14-8-11(10)16/h4-5,8,16H,3,6-7,9H2,1-2H3. The van der Waals surface area contributed by atoms with Crippen molar-refractivity contribution in [1.29, 1.82) is 0 Å². The van der Waals surface area contributed by atoms with E-state index in [1.165, 1.54) is 30.5 Å². The molecule has 7 nitrogen and oxygen atoms in total. The van der Waals surface area contributed by atoms with E-state index in [1.807, 2.05) is 0 Å². The van der Waals surface area contributed by atoms with Crippen LogP contribution in [0.4, 0.5) is 0 Å². The van der Waals surface area contributed by atoms with E-state index in [0.29, 0.717) is 0 Å². The van der Waals surface area contributed by atoms with Crippen molar-refractivity contribution < 1.29 is 24.2 Å². The lowest BCUT2D eigenvalue weighted by Gasteiger charge is -2.21. The van der Waals surface area contributed by atoms with Gasteiger partial charge < -0.3 is 19.5 Å². The average Bonchev–Trinajstić information content (AvgIpc) is 2.43. The summed E-state index contributed by atoms with van der Waals surface area (Å²) >= 11 is 0. The summed E-state index contributed by atoms with van der Waals surface area (Å²) in [6.07, 6.45) is 2.57. The van der Waals surface area contributed by atoms with E-state index in [1.54, 1.807) is 6.92 Å². The van der Waals surface area contributed by atoms with E-state index < -0.39 is 11.9 Å². The fraction of sp³-hybridized carbons (Fsp3) is 0.462. The van der Waals surface area contributed by atoms with Crippen LogP contribution in [0.5, 0.6) is 5.75 Å². The van der Waals surface area contributed by atoms with Crippen molar-refractivity contribution in [3.05, 3.63) is 24.0 Å². The molecule has 7 heteroatoms. The molecule has 0 fully saturated rings. The van der Waals surface area contributed by atoms with Gasteiger partial charge in [0, 0.05) is 19.9 Å². The van der Waals surface area contributed by atoms with E-state index in [9.17, 15) is 14.7 Å². The second kappa shape index (κ2) is 8.11. The number of esters is 1. The van der Waals surface area contributed by atoms with Crippen molar-refractivity contribution in [3.8, 4) is 5.75 Å². The summed E-state index contributed by atoms with van der Waals surface area (Å²) in [4.78, 5) is 28.8. The molecular formula is C13H18N2O5. The van der Waals surface area contributed by atoms with Crippen molar-refractivity contribution >= 4 is 11.9 Å². The Bertz CT molecular complexity index is 464. The van der Waals surface area contributed by atoms with E-state index in [-0.39, 0.29) is 37.6 Å². The third-order valence-corrected chi connectivity index (χ3v) is 2.51. The highest BCUT2D eigenvalue weighted by Crippen LogP contribution is 2.16. The number of ether oxygens (including phenoxy) is 2. The van der Waals surface area contributed by atoms with Gasteiger partial charge in [-0.15, -0.1) is 0 Å². The van der Waals surface area contributed by atoms with Crippen LogP contribution in [-0.2, 0) is 14.3 Å². The van der Waals surface area contributed by atoms with Gasteiger partial charge in [0.25, 0.3) is 5.91 Å². The van der Waals surface area contributed by atoms with Gasteiger partial charge in [-0.25, -0.2) is 0 Å². The van der Waals surface area contributed by atoms with Crippen LogP contribution in [-0.4, -0.2) is 60.3 Å². The number of methoxy groups -OCH3 is 1. The molecule has 1 rings (SSSR count). The van der Waals surface area contributed by atoms with Gasteiger partial charge in [-0.1, -0.05) is 0 Å². The monoisotopic (exact) mass is 282 g/mol. The van der Waals surface area contributed by atoms with Gasteiger partial charge in [-0.2, -0.15) is 0 Å². The lowest BCUT2D eigenvalue weighted by molar-refractivity contribution is -0.143. The Balaban J connectivity index is 2.84. The van der Waals surface area contributed by atoms with Gasteiger partial charge in [0.05, 0.1) is 25.0 Å². The molecule has 0 saturated heterocycles. The number of aromatic nitrogens is 1. The van der Waals surface area contributed by atoms with Crippen LogP contribution in [0.2, 0.25) is 0 Å². The summed E-state index contributed by atoms with van der Waals surface area (Å²) in [5, 5.41) is 9.64. The Morgan fingerprint density at radius 2 is 2.20 bits per heavy atom. The summed E-state index contributed by atoms with van der Waals surface area (Å²) in [5.41, 5.74) is 0.0837. The number of carbonyl (C=O) groups excluding carboxylic acids is 2. The van der Waals surface area contributed by atoms with Crippen LogP contribution in [0, 0.1) is 0 Å². The van der Waals surface area contributed by atoms with Crippen molar-refractivity contribution in [3.63, 3.8) is 0 Å². The summed E-state index contributed by atoms with van der Waals surface area (Å²) in [6.45, 7) is 2.23. The zero-order valence-corrected chi connectivity index (χ0v) is 11.5. The third kappa shape index (κ3) is 4.51. The van der Waals surface area contributed by atoms with Crippen LogP contribution in [0.25, 0.3) is 0 Å². The highest BCUT2D eigenvalue weighted by molar-refractivity contribution is 5.98. The van der Waals surface area contributed by atoms with Gasteiger partial charge in [0.15, 0.2) is 0 Å². The zero-order chi connectivity index (χ0) is 15.0. The maximum Gasteiger partial charge on any atom is 0.325 e. The number of rotatable bonds is 7. The predicted molar refractivity (Wildman–Crippen MR) is 70.3 cm³/mol. The third-order valence-electron chi connectivity index (χ3n) is 2.51. The molecule has 0 bridgehead atoms. The number of amides is 1. The van der Waals surface area contributed by atoms with Crippen molar-refractivity contribution in [2.75, 3.05) is 33.4 Å². The topological polar surface area (TPSA) is 89.0 Å². The molecule has 1 amide bonds. The van der Waals surface area contributed by atoms with Crippen LogP contribution < -0.4 is 0 Å². The molecule has 1 heterocycles. The number of carbonyl (C=O) groups is 2. The van der Waals surface area contributed by atoms with Crippen LogP contribution in [0.15, 0.2) is 18.5 Å². The fourth-order valence-corrected chi connectivity index (χ4v) is 1.55. The van der Waals surface area contributed by atoms with E-state index in [0.717, 1.165) is 0 Å². The SMILES string of the molecule is CCOC(=O)CN(CCOC)C(=O)c1ccncc1O. The maximum absolute atomic E-state index is 12.3. The number of hydrogen-bond acceptors (Lipinski definition) is 6. The number of hydrogen-bond donors (Lipinski definition) is 1. The van der Waals surface area contributed by atoms with Crippen LogP contribution >= 0.6 is 0 Å². The van der Waals surface area contributed by atoms with Crippen LogP contribution in [0.3, 0.4) is 0 Å². The Morgan fingerprint density at radius 3 is 2.80 bits per heavy atom. The molecule has 20 heavy (non-hydrogen) atoms. The Morgan fingerprint density at radius 1 is 1.45 bits per heavy atom. The van der Waals surface area contributed by atoms with Crippen molar-refractivity contribution in [2.45, 2.75) is 6.92 Å². The normalized spacial score (nSPS) is 10.1. The molecule has 0 atom stereocenters. The van der Waals surface area contributed by atoms with E-state index >= 15 is 0 Å². The molecule has 0 spiro atoms. The number of aromatic hydroxyl groups is 1. The number of nitrogens with zero attached hydrogens (tertiary/aromatic N) is 2. The molecule has 1 aromatic heterocycles. The molecule has 110 valence electrons. The maximum atomic E-state index is 12.3. The Hall–Kier alpha value is -2.15. The first-order valence-electron chi connectivity index (χ1n) is 6.17. The molecule has 0 aromatic carbocycles. The second-order valence-electron chi connectivity index (χ2n) is 3.92. The Kier molecular flexibility index (Phi) is 6.45. The van der Waals surface area contributed by atoms with Crippen molar-refractivity contribution in [1.82, 2.24) is 9.88 Å². The molecule has 1 aromatic rings. The van der Waals surface area contributed by atoms with E-state index in [4.69, 9.17) is 9.47 Å². The summed E-state index contributed by atoms with van der Waals surface area (Å²) < 4.78 is 9.73. The minimum absolute atomic E-state index is 0.0837. The highest BCUT2D eigenvalue weighted by atomic mass is 16.5. The predicted octanol–water partition coefficient (Wildman–Crippen LogP) is 0.439. The van der Waals surface area contributed by atoms with E-state index in [2.05, 4.69) is 4.98 Å². The second-order valence-corrected chi connectivity index (χ2v) is 3.92. The molecular weight excluding hydrogens is 264 g/mol. The first-order chi connectivity index (χ1) is 9.60. The summed E-state index contributed by atoms with van der Waals surface area (Å²) in [7, 11) is 1.50.